The monoisotopic (exact) mass is 382 g/mol. The summed E-state index contributed by atoms with van der Waals surface area (Å²) in [6.07, 6.45) is 1.78. The number of hydrogen-bond donors (Lipinski definition) is 1. The Morgan fingerprint density at radius 2 is 1.62 bits per heavy atom. The minimum atomic E-state index is 0.486. The number of nitrogens with zero attached hydrogens (tertiary/aromatic N) is 3. The number of ether oxygens (including phenoxy) is 1. The van der Waals surface area contributed by atoms with E-state index in [0.29, 0.717) is 12.6 Å². The number of hydrogen-bond acceptors (Lipinski definition) is 5. The predicted molar refractivity (Wildman–Crippen MR) is 117 cm³/mol. The molecule has 0 bridgehead atoms. The van der Waals surface area contributed by atoms with Crippen molar-refractivity contribution in [1.29, 1.82) is 0 Å². The molecule has 3 aromatic carbocycles. The van der Waals surface area contributed by atoms with E-state index in [1.807, 2.05) is 62.4 Å². The van der Waals surface area contributed by atoms with Gasteiger partial charge in [-0.1, -0.05) is 60.7 Å². The summed E-state index contributed by atoms with van der Waals surface area (Å²) in [6, 6.07) is 24.2. The molecule has 5 heteroatoms. The maximum absolute atomic E-state index is 6.14. The Morgan fingerprint density at radius 1 is 0.897 bits per heavy atom. The van der Waals surface area contributed by atoms with Gasteiger partial charge in [0.25, 0.3) is 0 Å². The molecule has 0 aliphatic heterocycles. The van der Waals surface area contributed by atoms with Crippen LogP contribution >= 0.6 is 0 Å². The SMILES string of the molecule is Cc1cc(C)nc(NN=Cc2cccc3cccc(OCc4ccccc4)c23)n1. The summed E-state index contributed by atoms with van der Waals surface area (Å²) in [5.74, 6) is 1.32. The molecule has 4 aromatic rings. The van der Waals surface area contributed by atoms with Gasteiger partial charge < -0.3 is 4.74 Å². The van der Waals surface area contributed by atoms with Gasteiger partial charge in [0.2, 0.25) is 5.95 Å². The number of fused-ring (bicyclic) bond motifs is 1. The highest BCUT2D eigenvalue weighted by atomic mass is 16.5. The number of aromatic nitrogens is 2. The van der Waals surface area contributed by atoms with E-state index in [2.05, 4.69) is 44.8 Å². The minimum absolute atomic E-state index is 0.486. The van der Waals surface area contributed by atoms with E-state index in [-0.39, 0.29) is 0 Å². The summed E-state index contributed by atoms with van der Waals surface area (Å²) in [7, 11) is 0. The van der Waals surface area contributed by atoms with Crippen molar-refractivity contribution in [2.45, 2.75) is 20.5 Å². The molecule has 144 valence electrons. The number of anilines is 1. The van der Waals surface area contributed by atoms with Crippen molar-refractivity contribution in [1.82, 2.24) is 9.97 Å². The molecule has 0 amide bonds. The van der Waals surface area contributed by atoms with Gasteiger partial charge in [-0.2, -0.15) is 5.10 Å². The zero-order valence-corrected chi connectivity index (χ0v) is 16.5. The Labute approximate surface area is 170 Å². The van der Waals surface area contributed by atoms with Gasteiger partial charge >= 0.3 is 0 Å². The van der Waals surface area contributed by atoms with Gasteiger partial charge in [-0.3, -0.25) is 0 Å². The van der Waals surface area contributed by atoms with E-state index >= 15 is 0 Å². The van der Waals surface area contributed by atoms with Crippen molar-refractivity contribution in [3.8, 4) is 5.75 Å². The first-order valence-corrected chi connectivity index (χ1v) is 9.49. The molecular formula is C24H22N4O. The highest BCUT2D eigenvalue weighted by molar-refractivity contribution is 6.03. The van der Waals surface area contributed by atoms with Crippen LogP contribution in [0.15, 0.2) is 77.9 Å². The minimum Gasteiger partial charge on any atom is -0.488 e. The van der Waals surface area contributed by atoms with Crippen LogP contribution in [0.5, 0.6) is 5.75 Å². The van der Waals surface area contributed by atoms with Crippen LogP contribution in [0.2, 0.25) is 0 Å². The average molecular weight is 382 g/mol. The van der Waals surface area contributed by atoms with Crippen molar-refractivity contribution in [3.05, 3.63) is 95.3 Å². The lowest BCUT2D eigenvalue weighted by atomic mass is 10.0. The fourth-order valence-electron chi connectivity index (χ4n) is 3.23. The smallest absolute Gasteiger partial charge is 0.243 e. The molecule has 1 heterocycles. The maximum atomic E-state index is 6.14. The van der Waals surface area contributed by atoms with Crippen molar-refractivity contribution in [3.63, 3.8) is 0 Å². The molecule has 0 fully saturated rings. The zero-order valence-electron chi connectivity index (χ0n) is 16.5. The third-order valence-electron chi connectivity index (χ3n) is 4.49. The van der Waals surface area contributed by atoms with Crippen LogP contribution in [-0.4, -0.2) is 16.2 Å². The van der Waals surface area contributed by atoms with Crippen LogP contribution in [0.1, 0.15) is 22.5 Å². The molecule has 1 N–H and O–H groups in total. The standard InChI is InChI=1S/C24H22N4O/c1-17-14-18(2)27-24(26-17)28-25-15-21-12-6-10-20-11-7-13-22(23(20)21)29-16-19-8-4-3-5-9-19/h3-15H,16H2,1-2H3,(H,26,27,28). The van der Waals surface area contributed by atoms with Crippen molar-refractivity contribution < 1.29 is 4.74 Å². The van der Waals surface area contributed by atoms with Gasteiger partial charge in [0.1, 0.15) is 12.4 Å². The second-order valence-corrected chi connectivity index (χ2v) is 6.82. The maximum Gasteiger partial charge on any atom is 0.243 e. The number of hydrazone groups is 1. The highest BCUT2D eigenvalue weighted by Gasteiger charge is 2.07. The first-order chi connectivity index (χ1) is 14.2. The molecule has 4 rings (SSSR count). The summed E-state index contributed by atoms with van der Waals surface area (Å²) in [4.78, 5) is 8.69. The Bertz CT molecular complexity index is 1130. The Morgan fingerprint density at radius 3 is 2.38 bits per heavy atom. The van der Waals surface area contributed by atoms with Crippen molar-refractivity contribution >= 4 is 22.9 Å². The summed E-state index contributed by atoms with van der Waals surface area (Å²) in [5, 5.41) is 6.47. The van der Waals surface area contributed by atoms with Gasteiger partial charge in [-0.15, -0.1) is 0 Å². The zero-order chi connectivity index (χ0) is 20.1. The van der Waals surface area contributed by atoms with Crippen LogP contribution in [-0.2, 0) is 6.61 Å². The van der Waals surface area contributed by atoms with Gasteiger partial charge in [-0.05, 0) is 36.9 Å². The van der Waals surface area contributed by atoms with Gasteiger partial charge in [0.15, 0.2) is 0 Å². The molecule has 0 radical (unpaired) electrons. The summed E-state index contributed by atoms with van der Waals surface area (Å²) >= 11 is 0. The normalized spacial score (nSPS) is 11.1. The van der Waals surface area contributed by atoms with E-state index < -0.39 is 0 Å². The second-order valence-electron chi connectivity index (χ2n) is 6.82. The molecule has 1 aromatic heterocycles. The molecule has 5 nitrogen and oxygen atoms in total. The molecule has 0 saturated heterocycles. The number of benzene rings is 3. The van der Waals surface area contributed by atoms with Crippen molar-refractivity contribution in [2.75, 3.05) is 5.43 Å². The van der Waals surface area contributed by atoms with E-state index in [4.69, 9.17) is 4.74 Å². The first kappa shape index (κ1) is 18.6. The number of nitrogens with one attached hydrogen (secondary N) is 1. The van der Waals surface area contributed by atoms with Gasteiger partial charge in [0.05, 0.1) is 6.21 Å². The van der Waals surface area contributed by atoms with Crippen LogP contribution < -0.4 is 10.2 Å². The molecule has 0 aliphatic carbocycles. The molecule has 0 unspecified atom stereocenters. The van der Waals surface area contributed by atoms with Gasteiger partial charge in [0, 0.05) is 22.3 Å². The van der Waals surface area contributed by atoms with E-state index in [1.165, 1.54) is 0 Å². The molecular weight excluding hydrogens is 360 g/mol. The van der Waals surface area contributed by atoms with Crippen LogP contribution in [0, 0.1) is 13.8 Å². The lowest BCUT2D eigenvalue weighted by Crippen LogP contribution is -2.00. The third-order valence-corrected chi connectivity index (χ3v) is 4.49. The van der Waals surface area contributed by atoms with E-state index in [1.54, 1.807) is 6.21 Å². The predicted octanol–water partition coefficient (Wildman–Crippen LogP) is 5.27. The lowest BCUT2D eigenvalue weighted by molar-refractivity contribution is 0.310. The van der Waals surface area contributed by atoms with E-state index in [0.717, 1.165) is 39.0 Å². The van der Waals surface area contributed by atoms with E-state index in [9.17, 15) is 0 Å². The fraction of sp³-hybridized carbons (Fsp3) is 0.125. The van der Waals surface area contributed by atoms with Crippen LogP contribution in [0.3, 0.4) is 0 Å². The second kappa shape index (κ2) is 8.52. The summed E-state index contributed by atoms with van der Waals surface area (Å²) < 4.78 is 6.14. The average Bonchev–Trinajstić information content (AvgIpc) is 2.72. The highest BCUT2D eigenvalue weighted by Crippen LogP contribution is 2.29. The van der Waals surface area contributed by atoms with Crippen LogP contribution in [0.25, 0.3) is 10.8 Å². The molecule has 0 atom stereocenters. The Kier molecular flexibility index (Phi) is 5.47. The Balaban J connectivity index is 1.60. The molecule has 0 saturated carbocycles. The molecule has 29 heavy (non-hydrogen) atoms. The molecule has 0 spiro atoms. The number of aryl methyl sites for hydroxylation is 2. The number of rotatable bonds is 6. The molecule has 0 aliphatic rings. The van der Waals surface area contributed by atoms with Crippen molar-refractivity contribution in [2.24, 2.45) is 5.10 Å². The van der Waals surface area contributed by atoms with Gasteiger partial charge in [-0.25, -0.2) is 15.4 Å². The topological polar surface area (TPSA) is 59.4 Å². The quantitative estimate of drug-likeness (QED) is 0.364. The van der Waals surface area contributed by atoms with Crippen LogP contribution in [0.4, 0.5) is 5.95 Å². The largest absolute Gasteiger partial charge is 0.488 e. The Hall–Kier alpha value is -3.73. The summed E-state index contributed by atoms with van der Waals surface area (Å²) in [6.45, 7) is 4.38. The lowest BCUT2D eigenvalue weighted by Gasteiger charge is -2.11. The fourth-order valence-corrected chi connectivity index (χ4v) is 3.23. The first-order valence-electron chi connectivity index (χ1n) is 9.49. The third kappa shape index (κ3) is 4.58. The summed E-state index contributed by atoms with van der Waals surface area (Å²) in [5.41, 5.74) is 6.81.